The summed E-state index contributed by atoms with van der Waals surface area (Å²) >= 11 is 0. The van der Waals surface area contributed by atoms with Gasteiger partial charge >= 0.3 is 0 Å². The molecule has 2 N–H and O–H groups in total. The maximum absolute atomic E-state index is 9.64. The van der Waals surface area contributed by atoms with Crippen molar-refractivity contribution in [3.8, 4) is 11.9 Å². The number of aromatic nitrogens is 2. The monoisotopic (exact) mass is 335 g/mol. The van der Waals surface area contributed by atoms with E-state index < -0.39 is 0 Å². The van der Waals surface area contributed by atoms with Crippen molar-refractivity contribution in [1.29, 1.82) is 5.26 Å². The Morgan fingerprint density at radius 3 is 2.56 bits per heavy atom. The number of fused-ring (bicyclic) bond motifs is 1. The summed E-state index contributed by atoms with van der Waals surface area (Å²) in [6, 6.07) is 10.7. The molecule has 0 amide bonds. The highest BCUT2D eigenvalue weighted by atomic mass is 16.5. The van der Waals surface area contributed by atoms with Crippen molar-refractivity contribution in [3.63, 3.8) is 0 Å². The Hall–Kier alpha value is -2.94. The van der Waals surface area contributed by atoms with Crippen LogP contribution in [0.15, 0.2) is 35.7 Å². The van der Waals surface area contributed by atoms with Gasteiger partial charge in [0.05, 0.1) is 17.2 Å². The van der Waals surface area contributed by atoms with Gasteiger partial charge in [-0.3, -0.25) is 0 Å². The molecule has 25 heavy (non-hydrogen) atoms. The van der Waals surface area contributed by atoms with Crippen molar-refractivity contribution in [2.24, 2.45) is 12.8 Å². The van der Waals surface area contributed by atoms with Crippen LogP contribution in [0.2, 0.25) is 0 Å². The summed E-state index contributed by atoms with van der Waals surface area (Å²) in [4.78, 5) is 2.39. The van der Waals surface area contributed by atoms with Crippen LogP contribution in [0, 0.1) is 18.3 Å². The normalized spacial score (nSPS) is 19.6. The Balaban J connectivity index is 1.79. The number of nitrogens with two attached hydrogens (primary N) is 1. The number of hydrogen-bond acceptors (Lipinski definition) is 5. The Morgan fingerprint density at radius 1 is 1.24 bits per heavy atom. The Morgan fingerprint density at radius 2 is 1.92 bits per heavy atom. The Labute approximate surface area is 147 Å². The minimum Gasteiger partial charge on any atom is -0.422 e. The second-order valence-electron chi connectivity index (χ2n) is 6.64. The summed E-state index contributed by atoms with van der Waals surface area (Å²) in [5.41, 5.74) is 10.5. The number of benzene rings is 1. The standard InChI is InChI=1S/C19H21N5O/c1-12-16-17(15(11-20)18(21)25-19(16)23(2)22-12)13-5-7-14(8-6-13)24-9-3-4-10-24/h5-8,17H,3-4,9-10,21H2,1-2H3. The maximum atomic E-state index is 9.64. The highest BCUT2D eigenvalue weighted by Gasteiger charge is 2.35. The molecular weight excluding hydrogens is 314 g/mol. The van der Waals surface area contributed by atoms with Crippen LogP contribution in [0.3, 0.4) is 0 Å². The molecule has 2 aromatic rings. The quantitative estimate of drug-likeness (QED) is 0.912. The van der Waals surface area contributed by atoms with Gasteiger partial charge in [0.1, 0.15) is 11.6 Å². The molecule has 0 saturated carbocycles. The van der Waals surface area contributed by atoms with E-state index in [9.17, 15) is 5.26 Å². The Bertz CT molecular complexity index is 882. The van der Waals surface area contributed by atoms with E-state index in [-0.39, 0.29) is 11.8 Å². The number of aryl methyl sites for hydroxylation is 2. The number of anilines is 1. The predicted octanol–water partition coefficient (Wildman–Crippen LogP) is 2.55. The summed E-state index contributed by atoms with van der Waals surface area (Å²) in [6.45, 7) is 4.15. The molecule has 0 aliphatic carbocycles. The molecule has 0 spiro atoms. The Kier molecular flexibility index (Phi) is 3.65. The molecule has 6 nitrogen and oxygen atoms in total. The van der Waals surface area contributed by atoms with Crippen molar-refractivity contribution >= 4 is 5.69 Å². The van der Waals surface area contributed by atoms with Gasteiger partial charge in [-0.2, -0.15) is 10.4 Å². The average molecular weight is 335 g/mol. The van der Waals surface area contributed by atoms with Gasteiger partial charge in [-0.05, 0) is 37.5 Å². The van der Waals surface area contributed by atoms with Gasteiger partial charge < -0.3 is 15.4 Å². The highest BCUT2D eigenvalue weighted by Crippen LogP contribution is 2.43. The lowest BCUT2D eigenvalue weighted by molar-refractivity contribution is 0.358. The second kappa shape index (κ2) is 5.85. The first kappa shape index (κ1) is 15.6. The van der Waals surface area contributed by atoms with E-state index in [2.05, 4.69) is 40.3 Å². The topological polar surface area (TPSA) is 80.1 Å². The molecule has 0 radical (unpaired) electrons. The van der Waals surface area contributed by atoms with E-state index in [1.54, 1.807) is 4.68 Å². The summed E-state index contributed by atoms with van der Waals surface area (Å²) in [5, 5.41) is 14.1. The number of ether oxygens (including phenoxy) is 1. The third-order valence-electron chi connectivity index (χ3n) is 5.08. The van der Waals surface area contributed by atoms with Crippen LogP contribution in [-0.4, -0.2) is 22.9 Å². The first-order valence-corrected chi connectivity index (χ1v) is 8.56. The minimum atomic E-state index is -0.241. The zero-order chi connectivity index (χ0) is 17.6. The number of rotatable bonds is 2. The summed E-state index contributed by atoms with van der Waals surface area (Å²) in [6.07, 6.45) is 2.50. The van der Waals surface area contributed by atoms with Gasteiger partial charge in [0.15, 0.2) is 0 Å². The number of allylic oxidation sites excluding steroid dienone is 1. The van der Waals surface area contributed by atoms with E-state index in [1.165, 1.54) is 18.5 Å². The summed E-state index contributed by atoms with van der Waals surface area (Å²) < 4.78 is 7.35. The van der Waals surface area contributed by atoms with Crippen LogP contribution in [0.1, 0.15) is 35.6 Å². The predicted molar refractivity (Wildman–Crippen MR) is 95.1 cm³/mol. The molecule has 1 atom stereocenters. The minimum absolute atomic E-state index is 0.159. The van der Waals surface area contributed by atoms with Gasteiger partial charge in [-0.25, -0.2) is 4.68 Å². The molecule has 1 saturated heterocycles. The zero-order valence-corrected chi connectivity index (χ0v) is 14.5. The second-order valence-corrected chi connectivity index (χ2v) is 6.64. The van der Waals surface area contributed by atoms with E-state index in [1.807, 2.05) is 14.0 Å². The molecule has 1 aromatic carbocycles. The molecule has 1 unspecified atom stereocenters. The molecule has 128 valence electrons. The molecule has 1 aromatic heterocycles. The van der Waals surface area contributed by atoms with Gasteiger partial charge in [0.2, 0.25) is 11.8 Å². The van der Waals surface area contributed by atoms with Gasteiger partial charge in [0.25, 0.3) is 0 Å². The fraction of sp³-hybridized carbons (Fsp3) is 0.368. The summed E-state index contributed by atoms with van der Waals surface area (Å²) in [5.74, 6) is 0.532. The molecule has 2 aliphatic heterocycles. The number of hydrogen-bond donors (Lipinski definition) is 1. The third kappa shape index (κ3) is 2.43. The van der Waals surface area contributed by atoms with Crippen molar-refractivity contribution in [2.45, 2.75) is 25.7 Å². The van der Waals surface area contributed by atoms with Crippen LogP contribution in [0.4, 0.5) is 5.69 Å². The lowest BCUT2D eigenvalue weighted by Gasteiger charge is -2.25. The molecule has 4 rings (SSSR count). The van der Waals surface area contributed by atoms with Crippen LogP contribution >= 0.6 is 0 Å². The fourth-order valence-corrected chi connectivity index (χ4v) is 3.86. The molecule has 2 aliphatic rings. The highest BCUT2D eigenvalue weighted by molar-refractivity contribution is 5.57. The fourth-order valence-electron chi connectivity index (χ4n) is 3.86. The van der Waals surface area contributed by atoms with Gasteiger partial charge in [-0.15, -0.1) is 0 Å². The largest absolute Gasteiger partial charge is 0.422 e. The average Bonchev–Trinajstić information content (AvgIpc) is 3.23. The molecular formula is C19H21N5O. The first-order chi connectivity index (χ1) is 12.1. The molecule has 6 heteroatoms. The van der Waals surface area contributed by atoms with E-state index >= 15 is 0 Å². The van der Waals surface area contributed by atoms with Crippen molar-refractivity contribution in [1.82, 2.24) is 9.78 Å². The zero-order valence-electron chi connectivity index (χ0n) is 14.5. The van der Waals surface area contributed by atoms with E-state index in [4.69, 9.17) is 10.5 Å². The van der Waals surface area contributed by atoms with E-state index in [0.717, 1.165) is 29.9 Å². The number of nitrogens with zero attached hydrogens (tertiary/aromatic N) is 4. The lowest BCUT2D eigenvalue weighted by Crippen LogP contribution is -2.22. The van der Waals surface area contributed by atoms with Crippen molar-refractivity contribution in [3.05, 3.63) is 52.5 Å². The lowest BCUT2D eigenvalue weighted by atomic mass is 9.84. The van der Waals surface area contributed by atoms with Gasteiger partial charge in [-0.1, -0.05) is 12.1 Å². The smallest absolute Gasteiger partial charge is 0.224 e. The first-order valence-electron chi connectivity index (χ1n) is 8.56. The van der Waals surface area contributed by atoms with Crippen LogP contribution in [0.25, 0.3) is 0 Å². The number of nitriles is 1. The van der Waals surface area contributed by atoms with Gasteiger partial charge in [0, 0.05) is 25.8 Å². The molecule has 1 fully saturated rings. The summed E-state index contributed by atoms with van der Waals surface area (Å²) in [7, 11) is 1.82. The molecule has 0 bridgehead atoms. The van der Waals surface area contributed by atoms with Crippen LogP contribution in [-0.2, 0) is 7.05 Å². The van der Waals surface area contributed by atoms with E-state index in [0.29, 0.717) is 11.5 Å². The van der Waals surface area contributed by atoms with Crippen molar-refractivity contribution < 1.29 is 4.74 Å². The molecule has 3 heterocycles. The van der Waals surface area contributed by atoms with Crippen LogP contribution in [0.5, 0.6) is 5.88 Å². The third-order valence-corrected chi connectivity index (χ3v) is 5.08. The maximum Gasteiger partial charge on any atom is 0.224 e. The SMILES string of the molecule is Cc1nn(C)c2c1C(c1ccc(N3CCCC3)cc1)C(C#N)=C(N)O2. The van der Waals surface area contributed by atoms with Crippen molar-refractivity contribution in [2.75, 3.05) is 18.0 Å². The van der Waals surface area contributed by atoms with Crippen LogP contribution < -0.4 is 15.4 Å².